The summed E-state index contributed by atoms with van der Waals surface area (Å²) in [7, 11) is 1.56. The molecule has 2 aliphatic rings. The van der Waals surface area contributed by atoms with Crippen LogP contribution in [0.1, 0.15) is 50.4 Å². The van der Waals surface area contributed by atoms with Crippen molar-refractivity contribution in [2.75, 3.05) is 26.7 Å². The number of amides is 3. The van der Waals surface area contributed by atoms with E-state index in [0.717, 1.165) is 0 Å². The Balaban J connectivity index is 1.52. The Bertz CT molecular complexity index is 779. The molecule has 1 aromatic rings. The van der Waals surface area contributed by atoms with Gasteiger partial charge in [0.2, 0.25) is 11.8 Å². The summed E-state index contributed by atoms with van der Waals surface area (Å²) in [4.78, 5) is 41.3. The molecule has 0 bridgehead atoms. The number of carbonyl (C=O) groups is 3. The number of hydrogen-bond acceptors (Lipinski definition) is 4. The van der Waals surface area contributed by atoms with E-state index in [9.17, 15) is 14.4 Å². The van der Waals surface area contributed by atoms with Crippen molar-refractivity contribution >= 4 is 17.7 Å². The first-order chi connectivity index (χ1) is 13.7. The van der Waals surface area contributed by atoms with E-state index < -0.39 is 0 Å². The third-order valence-corrected chi connectivity index (χ3v) is 5.77. The lowest BCUT2D eigenvalue weighted by Crippen LogP contribution is -2.48. The van der Waals surface area contributed by atoms with E-state index in [1.165, 1.54) is 0 Å². The van der Waals surface area contributed by atoms with Gasteiger partial charge in [-0.1, -0.05) is 12.1 Å². The predicted octanol–water partition coefficient (Wildman–Crippen LogP) is 2.06. The highest BCUT2D eigenvalue weighted by molar-refractivity contribution is 5.97. The van der Waals surface area contributed by atoms with Gasteiger partial charge in [0.1, 0.15) is 5.75 Å². The third kappa shape index (κ3) is 4.71. The molecule has 0 radical (unpaired) electrons. The van der Waals surface area contributed by atoms with Gasteiger partial charge >= 0.3 is 0 Å². The summed E-state index contributed by atoms with van der Waals surface area (Å²) in [5.74, 6) is 0.209. The average molecular weight is 402 g/mol. The smallest absolute Gasteiger partial charge is 0.257 e. The van der Waals surface area contributed by atoms with E-state index in [-0.39, 0.29) is 41.6 Å². The third-order valence-electron chi connectivity index (χ3n) is 5.77. The average Bonchev–Trinajstić information content (AvgIpc) is 3.10. The summed E-state index contributed by atoms with van der Waals surface area (Å²) in [5, 5.41) is 3.09. The molecule has 7 heteroatoms. The van der Waals surface area contributed by atoms with Crippen LogP contribution in [0.4, 0.5) is 0 Å². The summed E-state index contributed by atoms with van der Waals surface area (Å²) in [6.07, 6.45) is 1.68. The van der Waals surface area contributed by atoms with E-state index in [0.29, 0.717) is 43.8 Å². The number of carbonyl (C=O) groups excluding carboxylic acids is 3. The summed E-state index contributed by atoms with van der Waals surface area (Å²) in [6, 6.07) is 7.25. The Morgan fingerprint density at radius 3 is 2.38 bits per heavy atom. The number of ether oxygens (including phenoxy) is 1. The standard InChI is InChI=1S/C22H31N3O4/c1-22(2,3)25-14-15(13-19(25)26)20(27)23-16-9-11-24(12-10-16)21(28)17-7-5-6-8-18(17)29-4/h5-8,15-16H,9-14H2,1-4H3,(H,23,27). The van der Waals surface area contributed by atoms with Crippen molar-refractivity contribution in [3.63, 3.8) is 0 Å². The Morgan fingerprint density at radius 1 is 1.14 bits per heavy atom. The minimum absolute atomic E-state index is 0.0306. The van der Waals surface area contributed by atoms with Gasteiger partial charge in [0, 0.05) is 37.6 Å². The Labute approximate surface area is 172 Å². The maximum Gasteiger partial charge on any atom is 0.257 e. The molecule has 1 unspecified atom stereocenters. The Morgan fingerprint density at radius 2 is 1.79 bits per heavy atom. The molecule has 3 rings (SSSR count). The molecular weight excluding hydrogens is 370 g/mol. The first kappa shape index (κ1) is 21.1. The van der Waals surface area contributed by atoms with Gasteiger partial charge in [-0.05, 0) is 45.7 Å². The molecule has 0 aromatic heterocycles. The molecule has 2 heterocycles. The molecule has 0 spiro atoms. The van der Waals surface area contributed by atoms with Crippen molar-refractivity contribution in [3.8, 4) is 5.75 Å². The van der Waals surface area contributed by atoms with Gasteiger partial charge in [-0.2, -0.15) is 0 Å². The van der Waals surface area contributed by atoms with Crippen molar-refractivity contribution in [1.29, 1.82) is 0 Å². The molecule has 2 aliphatic heterocycles. The highest BCUT2D eigenvalue weighted by Gasteiger charge is 2.40. The molecule has 1 aromatic carbocycles. The van der Waals surface area contributed by atoms with Gasteiger partial charge in [0.25, 0.3) is 5.91 Å². The zero-order chi connectivity index (χ0) is 21.2. The van der Waals surface area contributed by atoms with Crippen LogP contribution in [0.15, 0.2) is 24.3 Å². The maximum atomic E-state index is 12.8. The van der Waals surface area contributed by atoms with Crippen LogP contribution < -0.4 is 10.1 Å². The summed E-state index contributed by atoms with van der Waals surface area (Å²) in [5.41, 5.74) is 0.292. The van der Waals surface area contributed by atoms with Crippen molar-refractivity contribution in [2.24, 2.45) is 5.92 Å². The first-order valence-electron chi connectivity index (χ1n) is 10.2. The molecule has 29 heavy (non-hydrogen) atoms. The largest absolute Gasteiger partial charge is 0.496 e. The number of methoxy groups -OCH3 is 1. The molecule has 3 amide bonds. The van der Waals surface area contributed by atoms with Crippen LogP contribution in [-0.4, -0.2) is 65.8 Å². The lowest BCUT2D eigenvalue weighted by Gasteiger charge is -2.33. The van der Waals surface area contributed by atoms with Gasteiger partial charge < -0.3 is 19.9 Å². The number of rotatable bonds is 4. The second-order valence-electron chi connectivity index (χ2n) is 8.85. The second kappa shape index (κ2) is 8.43. The topological polar surface area (TPSA) is 79.0 Å². The Hall–Kier alpha value is -2.57. The van der Waals surface area contributed by atoms with E-state index in [2.05, 4.69) is 5.32 Å². The van der Waals surface area contributed by atoms with E-state index in [1.54, 1.807) is 29.0 Å². The van der Waals surface area contributed by atoms with Crippen molar-refractivity contribution in [2.45, 2.75) is 51.6 Å². The number of piperidine rings is 1. The maximum absolute atomic E-state index is 12.8. The van der Waals surface area contributed by atoms with Gasteiger partial charge in [-0.15, -0.1) is 0 Å². The predicted molar refractivity (Wildman–Crippen MR) is 110 cm³/mol. The highest BCUT2D eigenvalue weighted by atomic mass is 16.5. The van der Waals surface area contributed by atoms with Crippen molar-refractivity contribution < 1.29 is 19.1 Å². The minimum atomic E-state index is -0.296. The van der Waals surface area contributed by atoms with Gasteiger partial charge in [0.15, 0.2) is 0 Å². The quantitative estimate of drug-likeness (QED) is 0.838. The van der Waals surface area contributed by atoms with Crippen LogP contribution >= 0.6 is 0 Å². The van der Waals surface area contributed by atoms with Crippen LogP contribution in [0.25, 0.3) is 0 Å². The van der Waals surface area contributed by atoms with Crippen LogP contribution in [0.3, 0.4) is 0 Å². The van der Waals surface area contributed by atoms with Crippen LogP contribution in [-0.2, 0) is 9.59 Å². The molecule has 0 aliphatic carbocycles. The van der Waals surface area contributed by atoms with Crippen LogP contribution in [0, 0.1) is 5.92 Å². The summed E-state index contributed by atoms with van der Waals surface area (Å²) in [6.45, 7) is 7.59. The lowest BCUT2D eigenvalue weighted by molar-refractivity contribution is -0.132. The molecule has 1 N–H and O–H groups in total. The number of likely N-dealkylation sites (tertiary alicyclic amines) is 2. The fourth-order valence-corrected chi connectivity index (χ4v) is 4.07. The van der Waals surface area contributed by atoms with Gasteiger partial charge in [0.05, 0.1) is 18.6 Å². The second-order valence-corrected chi connectivity index (χ2v) is 8.85. The monoisotopic (exact) mass is 401 g/mol. The number of nitrogens with zero attached hydrogens (tertiary/aromatic N) is 2. The lowest BCUT2D eigenvalue weighted by atomic mass is 10.0. The Kier molecular flexibility index (Phi) is 6.15. The molecule has 7 nitrogen and oxygen atoms in total. The summed E-state index contributed by atoms with van der Waals surface area (Å²) >= 11 is 0. The summed E-state index contributed by atoms with van der Waals surface area (Å²) < 4.78 is 5.29. The van der Waals surface area contributed by atoms with Crippen LogP contribution in [0.5, 0.6) is 5.75 Å². The fourth-order valence-electron chi connectivity index (χ4n) is 4.07. The van der Waals surface area contributed by atoms with E-state index in [4.69, 9.17) is 4.74 Å². The number of benzene rings is 1. The molecule has 0 saturated carbocycles. The molecule has 2 saturated heterocycles. The SMILES string of the molecule is COc1ccccc1C(=O)N1CCC(NC(=O)C2CC(=O)N(C(C)(C)C)C2)CC1. The molecule has 2 fully saturated rings. The van der Waals surface area contributed by atoms with Crippen molar-refractivity contribution in [1.82, 2.24) is 15.1 Å². The number of nitrogens with one attached hydrogen (secondary N) is 1. The number of hydrogen-bond donors (Lipinski definition) is 1. The zero-order valence-corrected chi connectivity index (χ0v) is 17.7. The molecule has 1 atom stereocenters. The van der Waals surface area contributed by atoms with Crippen LogP contribution in [0.2, 0.25) is 0 Å². The molecular formula is C22H31N3O4. The molecule has 158 valence electrons. The first-order valence-corrected chi connectivity index (χ1v) is 10.2. The van der Waals surface area contributed by atoms with E-state index >= 15 is 0 Å². The van der Waals surface area contributed by atoms with E-state index in [1.807, 2.05) is 32.9 Å². The zero-order valence-electron chi connectivity index (χ0n) is 17.7. The fraction of sp³-hybridized carbons (Fsp3) is 0.591. The highest BCUT2D eigenvalue weighted by Crippen LogP contribution is 2.26. The van der Waals surface area contributed by atoms with Crippen molar-refractivity contribution in [3.05, 3.63) is 29.8 Å². The minimum Gasteiger partial charge on any atom is -0.496 e. The number of para-hydroxylation sites is 1. The van der Waals surface area contributed by atoms with Gasteiger partial charge in [-0.25, -0.2) is 0 Å². The van der Waals surface area contributed by atoms with Gasteiger partial charge in [-0.3, -0.25) is 14.4 Å². The normalized spacial score (nSPS) is 20.7.